The first-order valence-corrected chi connectivity index (χ1v) is 9.22. The fourth-order valence-corrected chi connectivity index (χ4v) is 2.97. The normalized spacial score (nSPS) is 10.7. The number of ether oxygens (including phenoxy) is 2. The third-order valence-electron chi connectivity index (χ3n) is 4.21. The highest BCUT2D eigenvalue weighted by Crippen LogP contribution is 2.31. The van der Waals surface area contributed by atoms with Crippen molar-refractivity contribution in [2.45, 2.75) is 0 Å². The first-order valence-electron chi connectivity index (χ1n) is 8.84. The van der Waals surface area contributed by atoms with Crippen molar-refractivity contribution >= 4 is 34.3 Å². The van der Waals surface area contributed by atoms with Crippen LogP contribution in [0, 0.1) is 0 Å². The first kappa shape index (κ1) is 18.8. The minimum Gasteiger partial charge on any atom is -0.497 e. The van der Waals surface area contributed by atoms with Crippen molar-refractivity contribution in [2.75, 3.05) is 19.0 Å². The van der Waals surface area contributed by atoms with Gasteiger partial charge in [-0.25, -0.2) is 4.98 Å². The Kier molecular flexibility index (Phi) is 5.35. The van der Waals surface area contributed by atoms with E-state index in [4.69, 9.17) is 25.5 Å². The van der Waals surface area contributed by atoms with Crippen LogP contribution in [0.3, 0.4) is 0 Å². The van der Waals surface area contributed by atoms with Gasteiger partial charge < -0.3 is 19.2 Å². The van der Waals surface area contributed by atoms with E-state index < -0.39 is 0 Å². The lowest BCUT2D eigenvalue weighted by molar-refractivity contribution is -0.118. The van der Waals surface area contributed by atoms with Crippen molar-refractivity contribution in [1.29, 1.82) is 0 Å². The van der Waals surface area contributed by atoms with Gasteiger partial charge in [0.25, 0.3) is 5.91 Å². The number of hydrogen-bond acceptors (Lipinski definition) is 5. The molecule has 0 radical (unpaired) electrons. The summed E-state index contributed by atoms with van der Waals surface area (Å²) in [4.78, 5) is 16.9. The van der Waals surface area contributed by atoms with Crippen molar-refractivity contribution in [3.8, 4) is 23.0 Å². The van der Waals surface area contributed by atoms with Gasteiger partial charge in [0.15, 0.2) is 12.2 Å². The molecule has 0 aliphatic carbocycles. The number of nitrogens with one attached hydrogen (secondary N) is 1. The second kappa shape index (κ2) is 8.24. The molecule has 1 heterocycles. The summed E-state index contributed by atoms with van der Waals surface area (Å²) in [5.41, 5.74) is 2.51. The summed E-state index contributed by atoms with van der Waals surface area (Å²) in [6.07, 6.45) is 0. The van der Waals surface area contributed by atoms with Gasteiger partial charge in [-0.3, -0.25) is 4.79 Å². The van der Waals surface area contributed by atoms with Crippen LogP contribution in [0.1, 0.15) is 0 Å². The average molecular weight is 409 g/mol. The van der Waals surface area contributed by atoms with Gasteiger partial charge in [0.1, 0.15) is 17.0 Å². The van der Waals surface area contributed by atoms with Crippen LogP contribution in [-0.4, -0.2) is 24.6 Å². The molecule has 3 aromatic carbocycles. The van der Waals surface area contributed by atoms with Crippen molar-refractivity contribution < 1.29 is 18.7 Å². The van der Waals surface area contributed by atoms with E-state index in [0.717, 1.165) is 5.75 Å². The summed E-state index contributed by atoms with van der Waals surface area (Å²) in [6, 6.07) is 19.5. The molecule has 0 fully saturated rings. The molecule has 6 nitrogen and oxygen atoms in total. The van der Waals surface area contributed by atoms with Crippen LogP contribution >= 0.6 is 11.6 Å². The monoisotopic (exact) mass is 408 g/mol. The van der Waals surface area contributed by atoms with Gasteiger partial charge in [0.05, 0.1) is 18.4 Å². The lowest BCUT2D eigenvalue weighted by Crippen LogP contribution is -2.20. The van der Waals surface area contributed by atoms with Crippen LogP contribution in [0.25, 0.3) is 22.6 Å². The molecule has 0 spiro atoms. The van der Waals surface area contributed by atoms with Crippen LogP contribution < -0.4 is 14.8 Å². The van der Waals surface area contributed by atoms with Crippen molar-refractivity contribution in [1.82, 2.24) is 4.98 Å². The molecule has 4 rings (SSSR count). The Morgan fingerprint density at radius 1 is 1.07 bits per heavy atom. The van der Waals surface area contributed by atoms with Crippen molar-refractivity contribution in [3.05, 3.63) is 71.8 Å². The van der Waals surface area contributed by atoms with Crippen LogP contribution in [0.15, 0.2) is 71.1 Å². The molecule has 4 aromatic rings. The summed E-state index contributed by atoms with van der Waals surface area (Å²) in [7, 11) is 1.59. The molecule has 29 heavy (non-hydrogen) atoms. The van der Waals surface area contributed by atoms with E-state index in [1.165, 1.54) is 0 Å². The van der Waals surface area contributed by atoms with Gasteiger partial charge in [-0.15, -0.1) is 0 Å². The standard InChI is InChI=1S/C22H17ClN2O4/c1-27-15-7-9-16(10-8-15)28-13-21(26)24-18-5-3-2-4-17(18)22-25-19-12-14(23)6-11-20(19)29-22/h2-12H,13H2,1H3,(H,24,26). The molecule has 7 heteroatoms. The maximum atomic E-state index is 12.4. The summed E-state index contributed by atoms with van der Waals surface area (Å²) in [5, 5.41) is 3.42. The highest BCUT2D eigenvalue weighted by atomic mass is 35.5. The minimum atomic E-state index is -0.299. The third kappa shape index (κ3) is 4.33. The summed E-state index contributed by atoms with van der Waals surface area (Å²) in [5.74, 6) is 1.39. The number of oxazole rings is 1. The van der Waals surface area contributed by atoms with Gasteiger partial charge in [0.2, 0.25) is 5.89 Å². The molecule has 0 saturated carbocycles. The average Bonchev–Trinajstić information content (AvgIpc) is 3.16. The van der Waals surface area contributed by atoms with E-state index in [1.807, 2.05) is 18.2 Å². The number of carbonyl (C=O) groups is 1. The Morgan fingerprint density at radius 3 is 2.62 bits per heavy atom. The molecule has 0 aliphatic heterocycles. The number of halogens is 1. The zero-order valence-corrected chi connectivity index (χ0v) is 16.3. The summed E-state index contributed by atoms with van der Waals surface area (Å²) in [6.45, 7) is -0.135. The number of fused-ring (bicyclic) bond motifs is 1. The van der Waals surface area contributed by atoms with Gasteiger partial charge in [0, 0.05) is 5.02 Å². The number of methoxy groups -OCH3 is 1. The van der Waals surface area contributed by atoms with Crippen molar-refractivity contribution in [3.63, 3.8) is 0 Å². The first-order chi connectivity index (χ1) is 14.1. The van der Waals surface area contributed by atoms with Gasteiger partial charge in [-0.05, 0) is 54.6 Å². The predicted molar refractivity (Wildman–Crippen MR) is 112 cm³/mol. The lowest BCUT2D eigenvalue weighted by Gasteiger charge is -2.10. The largest absolute Gasteiger partial charge is 0.497 e. The topological polar surface area (TPSA) is 73.6 Å². The molecule has 0 bridgehead atoms. The maximum absolute atomic E-state index is 12.4. The number of hydrogen-bond donors (Lipinski definition) is 1. The maximum Gasteiger partial charge on any atom is 0.262 e. The zero-order chi connectivity index (χ0) is 20.2. The number of aromatic nitrogens is 1. The summed E-state index contributed by atoms with van der Waals surface area (Å²) < 4.78 is 16.4. The molecule has 0 saturated heterocycles. The lowest BCUT2D eigenvalue weighted by atomic mass is 10.1. The number of nitrogens with zero attached hydrogens (tertiary/aromatic N) is 1. The fraction of sp³-hybridized carbons (Fsp3) is 0.0909. The SMILES string of the molecule is COc1ccc(OCC(=O)Nc2ccccc2-c2nc3cc(Cl)ccc3o2)cc1. The molecule has 0 unspecified atom stereocenters. The molecule has 0 atom stereocenters. The Labute approximate surface area is 172 Å². The molecule has 0 aliphatic rings. The van der Waals surface area contributed by atoms with Crippen LogP contribution in [0.5, 0.6) is 11.5 Å². The van der Waals surface area contributed by atoms with E-state index in [1.54, 1.807) is 55.6 Å². The van der Waals surface area contributed by atoms with Crippen LogP contribution in [0.4, 0.5) is 5.69 Å². The zero-order valence-electron chi connectivity index (χ0n) is 15.5. The molecular formula is C22H17ClN2O4. The third-order valence-corrected chi connectivity index (χ3v) is 4.45. The Bertz CT molecular complexity index is 1160. The van der Waals surface area contributed by atoms with E-state index in [9.17, 15) is 4.79 Å². The van der Waals surface area contributed by atoms with Crippen molar-refractivity contribution in [2.24, 2.45) is 0 Å². The minimum absolute atomic E-state index is 0.135. The number of amides is 1. The number of para-hydroxylation sites is 1. The second-order valence-electron chi connectivity index (χ2n) is 6.19. The van der Waals surface area contributed by atoms with E-state index in [-0.39, 0.29) is 12.5 Å². The van der Waals surface area contributed by atoms with E-state index in [0.29, 0.717) is 39.0 Å². The number of anilines is 1. The van der Waals surface area contributed by atoms with Crippen LogP contribution in [-0.2, 0) is 4.79 Å². The van der Waals surface area contributed by atoms with Gasteiger partial charge in [-0.2, -0.15) is 0 Å². The van der Waals surface area contributed by atoms with E-state index >= 15 is 0 Å². The predicted octanol–water partition coefficient (Wildman–Crippen LogP) is 5.17. The molecular weight excluding hydrogens is 392 g/mol. The Balaban J connectivity index is 1.49. The van der Waals surface area contributed by atoms with Gasteiger partial charge >= 0.3 is 0 Å². The Morgan fingerprint density at radius 2 is 1.83 bits per heavy atom. The number of benzene rings is 3. The quantitative estimate of drug-likeness (QED) is 0.476. The fourth-order valence-electron chi connectivity index (χ4n) is 2.80. The molecule has 146 valence electrons. The second-order valence-corrected chi connectivity index (χ2v) is 6.63. The van der Waals surface area contributed by atoms with Crippen LogP contribution in [0.2, 0.25) is 5.02 Å². The summed E-state index contributed by atoms with van der Waals surface area (Å²) >= 11 is 6.02. The van der Waals surface area contributed by atoms with E-state index in [2.05, 4.69) is 10.3 Å². The van der Waals surface area contributed by atoms with Gasteiger partial charge in [-0.1, -0.05) is 23.7 Å². The highest BCUT2D eigenvalue weighted by molar-refractivity contribution is 6.31. The smallest absolute Gasteiger partial charge is 0.262 e. The number of carbonyl (C=O) groups excluding carboxylic acids is 1. The molecule has 1 amide bonds. The Hall–Kier alpha value is -3.51. The number of rotatable bonds is 6. The molecule has 1 aromatic heterocycles. The molecule has 1 N–H and O–H groups in total. The highest BCUT2D eigenvalue weighted by Gasteiger charge is 2.14.